The molecule has 0 unspecified atom stereocenters. The van der Waals surface area contributed by atoms with Crippen molar-refractivity contribution in [3.63, 3.8) is 0 Å². The van der Waals surface area contributed by atoms with Gasteiger partial charge in [0.25, 0.3) is 11.5 Å². The van der Waals surface area contributed by atoms with Gasteiger partial charge in [-0.05, 0) is 80.5 Å². The fraction of sp³-hybridized carbons (Fsp3) is 0.310. The molecular formula is C29H26FN3O3S2. The van der Waals surface area contributed by atoms with Gasteiger partial charge in [0.05, 0.1) is 16.3 Å². The second-order valence-electron chi connectivity index (χ2n) is 9.67. The van der Waals surface area contributed by atoms with E-state index in [2.05, 4.69) is 0 Å². The average molecular weight is 548 g/mol. The van der Waals surface area contributed by atoms with Crippen LogP contribution < -0.4 is 5.56 Å². The number of hydrogen-bond donors (Lipinski definition) is 0. The molecule has 194 valence electrons. The topological polar surface area (TPSA) is 72.3 Å². The highest BCUT2D eigenvalue weighted by atomic mass is 32.2. The monoisotopic (exact) mass is 547 g/mol. The number of rotatable bonds is 4. The van der Waals surface area contributed by atoms with Gasteiger partial charge in [0.15, 0.2) is 5.16 Å². The summed E-state index contributed by atoms with van der Waals surface area (Å²) in [5, 5.41) is 0.579. The first-order valence-corrected chi connectivity index (χ1v) is 14.6. The van der Waals surface area contributed by atoms with Crippen molar-refractivity contribution in [1.29, 1.82) is 0 Å². The minimum atomic E-state index is -0.573. The normalized spacial score (nSPS) is 17.9. The third-order valence-electron chi connectivity index (χ3n) is 7.20. The number of para-hydroxylation sites is 1. The van der Waals surface area contributed by atoms with Gasteiger partial charge in [-0.2, -0.15) is 0 Å². The standard InChI is InChI=1S/C29H26FN3O3S2/c30-19-15-13-18(14-16-19)26(34)32-17-7-6-12-23(27(32)35)38-29-31-25-24(21-10-4-5-11-22(21)37-25)28(36)33(29)20-8-2-1-3-9-20/h1-3,8-9,13-16,23H,4-7,10-12,17H2/t23-/m1/s1. The zero-order valence-electron chi connectivity index (χ0n) is 20.7. The quantitative estimate of drug-likeness (QED) is 0.239. The number of fused-ring (bicyclic) bond motifs is 3. The highest BCUT2D eigenvalue weighted by molar-refractivity contribution is 8.00. The predicted octanol–water partition coefficient (Wildman–Crippen LogP) is 5.78. The SMILES string of the molecule is O=C(c1ccc(F)cc1)N1CCCC[C@@H](Sc2nc3sc4c(c3c(=O)n2-c2ccccc2)CCCC4)C1=O. The first-order chi connectivity index (χ1) is 18.5. The van der Waals surface area contributed by atoms with Gasteiger partial charge in [-0.25, -0.2) is 9.37 Å². The lowest BCUT2D eigenvalue weighted by atomic mass is 9.97. The number of thiophene rings is 1. The summed E-state index contributed by atoms with van der Waals surface area (Å²) in [4.78, 5) is 49.1. The molecule has 3 heterocycles. The zero-order chi connectivity index (χ0) is 26.2. The van der Waals surface area contributed by atoms with E-state index in [4.69, 9.17) is 4.98 Å². The Kier molecular flexibility index (Phi) is 6.88. The van der Waals surface area contributed by atoms with Gasteiger partial charge in [0, 0.05) is 17.0 Å². The zero-order valence-corrected chi connectivity index (χ0v) is 22.3. The number of nitrogens with zero attached hydrogens (tertiary/aromatic N) is 3. The van der Waals surface area contributed by atoms with Crippen molar-refractivity contribution in [2.75, 3.05) is 6.54 Å². The first kappa shape index (κ1) is 25.0. The summed E-state index contributed by atoms with van der Waals surface area (Å²) in [7, 11) is 0. The van der Waals surface area contributed by atoms with Crippen molar-refractivity contribution in [2.24, 2.45) is 0 Å². The highest BCUT2D eigenvalue weighted by Crippen LogP contribution is 2.37. The largest absolute Gasteiger partial charge is 0.278 e. The van der Waals surface area contributed by atoms with E-state index in [1.54, 1.807) is 15.9 Å². The fourth-order valence-corrected chi connectivity index (χ4v) is 7.78. The van der Waals surface area contributed by atoms with Crippen LogP contribution in [0.4, 0.5) is 4.39 Å². The number of imide groups is 1. The molecule has 1 saturated heterocycles. The van der Waals surface area contributed by atoms with Crippen LogP contribution in [-0.2, 0) is 17.6 Å². The molecule has 1 atom stereocenters. The van der Waals surface area contributed by atoms with E-state index >= 15 is 0 Å². The molecule has 1 aliphatic carbocycles. The predicted molar refractivity (Wildman–Crippen MR) is 148 cm³/mol. The van der Waals surface area contributed by atoms with E-state index in [9.17, 15) is 18.8 Å². The number of benzene rings is 2. The van der Waals surface area contributed by atoms with Crippen molar-refractivity contribution in [2.45, 2.75) is 55.4 Å². The maximum absolute atomic E-state index is 14.0. The van der Waals surface area contributed by atoms with Gasteiger partial charge >= 0.3 is 0 Å². The van der Waals surface area contributed by atoms with Gasteiger partial charge < -0.3 is 0 Å². The number of likely N-dealkylation sites (tertiary alicyclic amines) is 1. The van der Waals surface area contributed by atoms with Crippen molar-refractivity contribution in [1.82, 2.24) is 14.5 Å². The minimum Gasteiger partial charge on any atom is -0.278 e. The number of aryl methyl sites for hydroxylation is 2. The number of thioether (sulfide) groups is 1. The molecule has 0 saturated carbocycles. The van der Waals surface area contributed by atoms with Gasteiger partial charge in [0.1, 0.15) is 10.6 Å². The van der Waals surface area contributed by atoms with Crippen LogP contribution in [0.15, 0.2) is 64.5 Å². The Morgan fingerprint density at radius 3 is 2.53 bits per heavy atom. The Hall–Kier alpha value is -3.30. The molecule has 1 aliphatic heterocycles. The van der Waals surface area contributed by atoms with Gasteiger partial charge in [0.2, 0.25) is 5.91 Å². The van der Waals surface area contributed by atoms with E-state index < -0.39 is 17.0 Å². The van der Waals surface area contributed by atoms with Crippen LogP contribution >= 0.6 is 23.1 Å². The molecule has 2 amide bonds. The van der Waals surface area contributed by atoms with Crippen LogP contribution in [0.1, 0.15) is 52.9 Å². The molecule has 38 heavy (non-hydrogen) atoms. The molecule has 2 aromatic carbocycles. The van der Waals surface area contributed by atoms with Crippen LogP contribution in [0.25, 0.3) is 15.9 Å². The summed E-state index contributed by atoms with van der Waals surface area (Å²) in [5.74, 6) is -1.17. The average Bonchev–Trinajstić information content (AvgIpc) is 3.21. The van der Waals surface area contributed by atoms with Crippen LogP contribution in [0, 0.1) is 5.82 Å². The Morgan fingerprint density at radius 2 is 1.74 bits per heavy atom. The first-order valence-electron chi connectivity index (χ1n) is 12.9. The maximum Gasteiger partial charge on any atom is 0.267 e. The van der Waals surface area contributed by atoms with E-state index in [0.717, 1.165) is 42.5 Å². The summed E-state index contributed by atoms with van der Waals surface area (Å²) in [6.45, 7) is 0.307. The number of hydrogen-bond acceptors (Lipinski definition) is 6. The van der Waals surface area contributed by atoms with E-state index in [1.807, 2.05) is 30.3 Å². The summed E-state index contributed by atoms with van der Waals surface area (Å²) < 4.78 is 15.0. The molecule has 0 bridgehead atoms. The summed E-state index contributed by atoms with van der Waals surface area (Å²) >= 11 is 2.84. The molecule has 2 aromatic heterocycles. The summed E-state index contributed by atoms with van der Waals surface area (Å²) in [6, 6.07) is 14.6. The van der Waals surface area contributed by atoms with E-state index in [-0.39, 0.29) is 17.0 Å². The Labute approximate surface area is 227 Å². The Morgan fingerprint density at radius 1 is 0.974 bits per heavy atom. The van der Waals surface area contributed by atoms with Gasteiger partial charge in [-0.1, -0.05) is 36.4 Å². The molecule has 0 spiro atoms. The second-order valence-corrected chi connectivity index (χ2v) is 11.9. The fourth-order valence-electron chi connectivity index (χ4n) is 5.26. The number of carbonyl (C=O) groups excluding carboxylic acids is 2. The van der Waals surface area contributed by atoms with Crippen molar-refractivity contribution in [3.8, 4) is 5.69 Å². The Bertz CT molecular complexity index is 1580. The number of amides is 2. The molecule has 0 N–H and O–H groups in total. The van der Waals surface area contributed by atoms with Crippen molar-refractivity contribution in [3.05, 3.63) is 86.8 Å². The molecule has 6 rings (SSSR count). The molecule has 1 fully saturated rings. The van der Waals surface area contributed by atoms with Crippen LogP contribution in [0.3, 0.4) is 0 Å². The van der Waals surface area contributed by atoms with Gasteiger partial charge in [-0.3, -0.25) is 23.9 Å². The number of aromatic nitrogens is 2. The lowest BCUT2D eigenvalue weighted by molar-refractivity contribution is -0.127. The summed E-state index contributed by atoms with van der Waals surface area (Å²) in [6.07, 6.45) is 6.05. The smallest absolute Gasteiger partial charge is 0.267 e. The van der Waals surface area contributed by atoms with Crippen molar-refractivity contribution >= 4 is 45.1 Å². The molecule has 4 aromatic rings. The molecule has 6 nitrogen and oxygen atoms in total. The minimum absolute atomic E-state index is 0.108. The maximum atomic E-state index is 14.0. The second kappa shape index (κ2) is 10.5. The number of halogens is 1. The summed E-state index contributed by atoms with van der Waals surface area (Å²) in [5.41, 5.74) is 1.99. The third-order valence-corrected chi connectivity index (χ3v) is 9.59. The highest BCUT2D eigenvalue weighted by Gasteiger charge is 2.34. The molecule has 2 aliphatic rings. The molecule has 0 radical (unpaired) electrons. The van der Waals surface area contributed by atoms with Crippen LogP contribution in [-0.4, -0.2) is 38.1 Å². The molecule has 9 heteroatoms. The lowest BCUT2D eigenvalue weighted by Gasteiger charge is -2.23. The van der Waals surface area contributed by atoms with Crippen LogP contribution in [0.5, 0.6) is 0 Å². The number of carbonyl (C=O) groups is 2. The van der Waals surface area contributed by atoms with Gasteiger partial charge in [-0.15, -0.1) is 11.3 Å². The molecular weight excluding hydrogens is 521 g/mol. The third kappa shape index (κ3) is 4.58. The van der Waals surface area contributed by atoms with E-state index in [0.29, 0.717) is 35.6 Å². The van der Waals surface area contributed by atoms with Crippen molar-refractivity contribution < 1.29 is 14.0 Å². The van der Waals surface area contributed by atoms with Crippen LogP contribution in [0.2, 0.25) is 0 Å². The lowest BCUT2D eigenvalue weighted by Crippen LogP contribution is -2.41. The van der Waals surface area contributed by atoms with E-state index in [1.165, 1.54) is 45.8 Å². The Balaban J connectivity index is 1.41.